The summed E-state index contributed by atoms with van der Waals surface area (Å²) in [5, 5.41) is 156. The molecule has 428 valence electrons. The Balaban J connectivity index is 1.52. The number of hydrogen-bond donors (Lipinski definition) is 16. The minimum absolute atomic E-state index is 0.0724. The molecule has 2 amide bonds. The zero-order chi connectivity index (χ0) is 55.5. The number of aliphatic hydroxyl groups excluding tert-OH is 11. The smallest absolute Gasteiger partial charge is 0.364 e. The SMILES string of the molecule is COC(=O)CCCCCCCCO[C@@H]1OC(CO)[C@@H](OC2OC(CO)[C@H](O)C(O[C@]3(C(=O)O)CC(O)[C@@H](NC(C)=O)C(C(O)C(O)CO)O3)C2O)C(O[C@@H]2OC(C)[C@@H](O)C(O)C2O)C1NC(=O)c1cc(O)cc(O)c1. The van der Waals surface area contributed by atoms with Crippen molar-refractivity contribution in [3.05, 3.63) is 23.8 Å². The number of carboxylic acids is 1. The maximum absolute atomic E-state index is 14.1. The minimum atomic E-state index is -3.18. The third-order valence-electron chi connectivity index (χ3n) is 13.3. The van der Waals surface area contributed by atoms with Crippen LogP contribution in [0.2, 0.25) is 0 Å². The lowest BCUT2D eigenvalue weighted by Crippen LogP contribution is -2.71. The highest BCUT2D eigenvalue weighted by Crippen LogP contribution is 2.39. The number of carboxylic acid groups (broad SMARTS) is 1. The zero-order valence-electron chi connectivity index (χ0n) is 41.3. The van der Waals surface area contributed by atoms with Gasteiger partial charge in [0.15, 0.2) is 18.9 Å². The van der Waals surface area contributed by atoms with Crippen LogP contribution < -0.4 is 10.6 Å². The highest BCUT2D eigenvalue weighted by molar-refractivity contribution is 5.95. The molecular weight excluding hydrogens is 1010 g/mol. The van der Waals surface area contributed by atoms with Gasteiger partial charge < -0.3 is 125 Å². The van der Waals surface area contributed by atoms with Crippen LogP contribution in [0, 0.1) is 0 Å². The van der Waals surface area contributed by atoms with Gasteiger partial charge in [-0.25, -0.2) is 4.79 Å². The second-order valence-electron chi connectivity index (χ2n) is 18.8. The summed E-state index contributed by atoms with van der Waals surface area (Å²) in [6, 6.07) is -0.426. The van der Waals surface area contributed by atoms with E-state index in [1.54, 1.807) is 0 Å². The number of rotatable bonds is 25. The molecule has 5 rings (SSSR count). The van der Waals surface area contributed by atoms with Gasteiger partial charge in [0.05, 0.1) is 45.2 Å². The fourth-order valence-electron chi connectivity index (χ4n) is 9.22. The number of benzene rings is 1. The van der Waals surface area contributed by atoms with Crippen molar-refractivity contribution >= 4 is 23.8 Å². The van der Waals surface area contributed by atoms with Crippen molar-refractivity contribution in [2.45, 2.75) is 194 Å². The standard InChI is InChI=1S/C46H72N2O27/c1-19-31(58)34(61)35(62)43(69-19)73-39-30(48-41(64)21-12-22(53)14-23(54)13-21)42(68-11-9-7-5-4-6-8-10-28(57)67-3)71-27(18-51)37(39)72-44-36(63)40(33(60)26(17-50)70-44)75-46(45(65)66)15-24(55)29(47-20(2)52)38(74-46)32(59)25(56)16-49/h12-14,19,24-27,29-40,42-44,49-51,53-56,58-63H,4-11,15-18H2,1-3H3,(H,47,52)(H,48,64)(H,65,66)/t19?,24?,25?,26?,27?,29-,30?,31-,32?,33+,34?,35?,36?,37-,38?,39?,40?,42-,43+,44?,46+/m1/s1. The number of phenolic OH excluding ortho intramolecular Hbond substituents is 2. The molecule has 4 fully saturated rings. The van der Waals surface area contributed by atoms with Crippen molar-refractivity contribution in [1.29, 1.82) is 0 Å². The van der Waals surface area contributed by atoms with E-state index in [-0.39, 0.29) is 24.6 Å². The number of phenols is 2. The number of aliphatic carboxylic acids is 1. The predicted octanol–water partition coefficient (Wildman–Crippen LogP) is -5.59. The van der Waals surface area contributed by atoms with Gasteiger partial charge >= 0.3 is 11.9 Å². The molecule has 0 saturated carbocycles. The lowest BCUT2D eigenvalue weighted by atomic mass is 9.88. The van der Waals surface area contributed by atoms with Crippen LogP contribution >= 0.6 is 0 Å². The summed E-state index contributed by atoms with van der Waals surface area (Å²) < 4.78 is 52.6. The van der Waals surface area contributed by atoms with E-state index in [0.717, 1.165) is 38.0 Å². The summed E-state index contributed by atoms with van der Waals surface area (Å²) in [6.07, 6.45) is -32.0. The summed E-state index contributed by atoms with van der Waals surface area (Å²) in [5.74, 6) is -8.47. The van der Waals surface area contributed by atoms with Crippen LogP contribution in [0.1, 0.15) is 75.6 Å². The largest absolute Gasteiger partial charge is 0.508 e. The molecule has 0 bridgehead atoms. The third-order valence-corrected chi connectivity index (χ3v) is 13.3. The second-order valence-corrected chi connectivity index (χ2v) is 18.8. The molecule has 16 N–H and O–H groups in total. The Bertz CT molecular complexity index is 1990. The van der Waals surface area contributed by atoms with Gasteiger partial charge in [-0.3, -0.25) is 14.4 Å². The fraction of sp³-hybridized carbons (Fsp3) is 0.783. The van der Waals surface area contributed by atoms with Crippen LogP contribution in [0.3, 0.4) is 0 Å². The molecule has 4 heterocycles. The predicted molar refractivity (Wildman–Crippen MR) is 244 cm³/mol. The lowest BCUT2D eigenvalue weighted by molar-refractivity contribution is -0.391. The van der Waals surface area contributed by atoms with Crippen molar-refractivity contribution in [3.8, 4) is 11.5 Å². The summed E-state index contributed by atoms with van der Waals surface area (Å²) in [5.41, 5.74) is -0.336. The van der Waals surface area contributed by atoms with Crippen molar-refractivity contribution in [3.63, 3.8) is 0 Å². The first-order valence-corrected chi connectivity index (χ1v) is 24.4. The van der Waals surface area contributed by atoms with Crippen LogP contribution in [0.4, 0.5) is 0 Å². The number of carbonyl (C=O) groups excluding carboxylic acids is 3. The fourth-order valence-corrected chi connectivity index (χ4v) is 9.22. The van der Waals surface area contributed by atoms with E-state index >= 15 is 0 Å². The number of aromatic hydroxyl groups is 2. The van der Waals surface area contributed by atoms with Gasteiger partial charge in [-0.2, -0.15) is 0 Å². The van der Waals surface area contributed by atoms with Gasteiger partial charge in [0.25, 0.3) is 11.7 Å². The Morgan fingerprint density at radius 2 is 1.32 bits per heavy atom. The number of carbonyl (C=O) groups is 4. The van der Waals surface area contributed by atoms with Crippen LogP contribution in [-0.2, 0) is 57.0 Å². The molecule has 4 saturated heterocycles. The first-order valence-electron chi connectivity index (χ1n) is 24.4. The number of ether oxygens (including phenoxy) is 9. The Kier molecular flexibility index (Phi) is 23.1. The van der Waals surface area contributed by atoms with E-state index in [2.05, 4.69) is 15.4 Å². The molecule has 1 aromatic carbocycles. The van der Waals surface area contributed by atoms with Gasteiger partial charge in [-0.05, 0) is 31.9 Å². The van der Waals surface area contributed by atoms with Gasteiger partial charge in [-0.15, -0.1) is 0 Å². The Morgan fingerprint density at radius 3 is 1.92 bits per heavy atom. The number of methoxy groups -OCH3 is 1. The Labute approximate surface area is 429 Å². The molecule has 29 heteroatoms. The van der Waals surface area contributed by atoms with E-state index < -0.39 is 184 Å². The molecule has 14 unspecified atom stereocenters. The number of esters is 1. The van der Waals surface area contributed by atoms with Crippen LogP contribution in [-0.4, -0.2) is 257 Å². The van der Waals surface area contributed by atoms with Gasteiger partial charge in [0.2, 0.25) is 5.91 Å². The van der Waals surface area contributed by atoms with Crippen molar-refractivity contribution in [1.82, 2.24) is 10.6 Å². The van der Waals surface area contributed by atoms with E-state index in [9.17, 15) is 90.7 Å². The summed E-state index contributed by atoms with van der Waals surface area (Å²) in [7, 11) is 1.30. The summed E-state index contributed by atoms with van der Waals surface area (Å²) >= 11 is 0. The summed E-state index contributed by atoms with van der Waals surface area (Å²) in [6.45, 7) is -0.947. The number of amides is 2. The molecule has 1 aromatic rings. The second kappa shape index (κ2) is 28.0. The summed E-state index contributed by atoms with van der Waals surface area (Å²) in [4.78, 5) is 50.8. The molecule has 4 aliphatic rings. The molecule has 0 aliphatic carbocycles. The number of hydrogen-bond acceptors (Lipinski definition) is 26. The molecule has 4 aliphatic heterocycles. The van der Waals surface area contributed by atoms with E-state index in [4.69, 9.17) is 37.9 Å². The maximum atomic E-state index is 14.1. The molecule has 75 heavy (non-hydrogen) atoms. The van der Waals surface area contributed by atoms with E-state index in [0.29, 0.717) is 25.7 Å². The average Bonchev–Trinajstić information content (AvgIpc) is 3.37. The number of unbranched alkanes of at least 4 members (excludes halogenated alkanes) is 5. The molecule has 0 aromatic heterocycles. The van der Waals surface area contributed by atoms with Crippen molar-refractivity contribution < 1.29 is 133 Å². The molecule has 0 spiro atoms. The molecule has 29 nitrogen and oxygen atoms in total. The monoisotopic (exact) mass is 1080 g/mol. The van der Waals surface area contributed by atoms with Gasteiger partial charge in [0.1, 0.15) is 96.9 Å². The molecule has 21 atom stereocenters. The minimum Gasteiger partial charge on any atom is -0.508 e. The first-order chi connectivity index (χ1) is 35.5. The van der Waals surface area contributed by atoms with Crippen LogP contribution in [0.5, 0.6) is 11.5 Å². The normalized spacial score (nSPS) is 37.0. The first kappa shape index (κ1) is 61.8. The zero-order valence-corrected chi connectivity index (χ0v) is 41.3. The Hall–Kier alpha value is -4.06. The number of aliphatic hydroxyl groups is 11. The maximum Gasteiger partial charge on any atom is 0.364 e. The topological polar surface area (TPSA) is 459 Å². The van der Waals surface area contributed by atoms with Crippen molar-refractivity contribution in [2.24, 2.45) is 0 Å². The van der Waals surface area contributed by atoms with E-state index in [1.807, 2.05) is 0 Å². The molecular formula is C46H72N2O27. The lowest BCUT2D eigenvalue weighted by Gasteiger charge is -2.51. The molecule has 0 radical (unpaired) electrons. The highest BCUT2D eigenvalue weighted by Gasteiger charge is 2.61. The Morgan fingerprint density at radius 1 is 0.720 bits per heavy atom. The quantitative estimate of drug-likeness (QED) is 0.0321. The van der Waals surface area contributed by atoms with Crippen LogP contribution in [0.25, 0.3) is 0 Å². The third kappa shape index (κ3) is 15.4. The van der Waals surface area contributed by atoms with Gasteiger partial charge in [0, 0.05) is 38.0 Å². The average molecular weight is 1090 g/mol. The highest BCUT2D eigenvalue weighted by atomic mass is 16.8. The van der Waals surface area contributed by atoms with Crippen LogP contribution in [0.15, 0.2) is 18.2 Å². The van der Waals surface area contributed by atoms with Gasteiger partial charge in [-0.1, -0.05) is 25.7 Å². The van der Waals surface area contributed by atoms with E-state index in [1.165, 1.54) is 14.0 Å². The number of nitrogens with one attached hydrogen (secondary N) is 2. The van der Waals surface area contributed by atoms with Crippen molar-refractivity contribution in [2.75, 3.05) is 33.5 Å².